The highest BCUT2D eigenvalue weighted by Crippen LogP contribution is 2.52. The summed E-state index contributed by atoms with van der Waals surface area (Å²) < 4.78 is 29.0. The fourth-order valence-electron chi connectivity index (χ4n) is 2.26. The Morgan fingerprint density at radius 3 is 2.00 bits per heavy atom. The first kappa shape index (κ1) is 20.9. The summed E-state index contributed by atoms with van der Waals surface area (Å²) in [6, 6.07) is 7.25. The zero-order chi connectivity index (χ0) is 18.4. The Morgan fingerprint density at radius 2 is 1.58 bits per heavy atom. The summed E-state index contributed by atoms with van der Waals surface area (Å²) in [6.45, 7) is 11.7. The van der Waals surface area contributed by atoms with Gasteiger partial charge in [0.2, 0.25) is 0 Å². The van der Waals surface area contributed by atoms with Gasteiger partial charge in [0.05, 0.1) is 25.3 Å². The zero-order valence-corrected chi connectivity index (χ0v) is 16.4. The summed E-state index contributed by atoms with van der Waals surface area (Å²) in [5.41, 5.74) is 0.644. The van der Waals surface area contributed by atoms with Crippen LogP contribution < -0.4 is 4.74 Å². The molecule has 1 unspecified atom stereocenters. The van der Waals surface area contributed by atoms with Gasteiger partial charge >= 0.3 is 13.6 Å². The van der Waals surface area contributed by atoms with E-state index < -0.39 is 24.9 Å². The number of carbonyl (C=O) groups is 1. The first-order valence-electron chi connectivity index (χ1n) is 8.27. The van der Waals surface area contributed by atoms with Crippen LogP contribution in [0, 0.1) is 18.3 Å². The highest BCUT2D eigenvalue weighted by atomic mass is 31.2. The molecule has 0 saturated heterocycles. The molecule has 0 radical (unpaired) electrons. The predicted octanol–water partition coefficient (Wildman–Crippen LogP) is 4.83. The summed E-state index contributed by atoms with van der Waals surface area (Å²) in [5, 5.41) is 0. The molecule has 24 heavy (non-hydrogen) atoms. The van der Waals surface area contributed by atoms with E-state index in [4.69, 9.17) is 13.8 Å². The third-order valence-corrected chi connectivity index (χ3v) is 5.74. The number of aryl methyl sites for hydroxylation is 1. The van der Waals surface area contributed by atoms with E-state index in [1.54, 1.807) is 26.0 Å². The van der Waals surface area contributed by atoms with Crippen molar-refractivity contribution in [3.8, 4) is 5.75 Å². The Morgan fingerprint density at radius 1 is 1.08 bits per heavy atom. The zero-order valence-electron chi connectivity index (χ0n) is 15.5. The normalized spacial score (nSPS) is 13.6. The van der Waals surface area contributed by atoms with Crippen molar-refractivity contribution >= 4 is 13.6 Å². The summed E-state index contributed by atoms with van der Waals surface area (Å²) in [7, 11) is -3.34. The summed E-state index contributed by atoms with van der Waals surface area (Å²) in [4.78, 5) is 12.7. The van der Waals surface area contributed by atoms with Crippen molar-refractivity contribution in [2.75, 3.05) is 19.4 Å². The molecule has 0 bridgehead atoms. The van der Waals surface area contributed by atoms with Gasteiger partial charge in [-0.2, -0.15) is 0 Å². The SMILES string of the molecule is CCOP(=O)(CC(C(=O)Oc1ccc(C)cc1)C(C)(C)C)OCC. The summed E-state index contributed by atoms with van der Waals surface area (Å²) in [6.07, 6.45) is 0.00285. The number of rotatable bonds is 8. The van der Waals surface area contributed by atoms with E-state index in [0.717, 1.165) is 5.56 Å². The van der Waals surface area contributed by atoms with E-state index in [1.165, 1.54) is 0 Å². The third-order valence-electron chi connectivity index (χ3n) is 3.63. The van der Waals surface area contributed by atoms with Crippen molar-refractivity contribution in [2.45, 2.75) is 41.5 Å². The van der Waals surface area contributed by atoms with Crippen LogP contribution in [0.5, 0.6) is 5.75 Å². The number of carbonyl (C=O) groups excluding carboxylic acids is 1. The Balaban J connectivity index is 2.97. The van der Waals surface area contributed by atoms with Crippen LogP contribution in [0.3, 0.4) is 0 Å². The van der Waals surface area contributed by atoms with Gasteiger partial charge in [-0.05, 0) is 38.3 Å². The molecular weight excluding hydrogens is 327 g/mol. The minimum atomic E-state index is -3.34. The van der Waals surface area contributed by atoms with Gasteiger partial charge in [0.15, 0.2) is 0 Å². The molecular formula is C18H29O5P. The lowest BCUT2D eigenvalue weighted by Crippen LogP contribution is -2.35. The summed E-state index contributed by atoms with van der Waals surface area (Å²) >= 11 is 0. The largest absolute Gasteiger partial charge is 0.426 e. The third kappa shape index (κ3) is 6.39. The molecule has 0 aromatic heterocycles. The van der Waals surface area contributed by atoms with Crippen LogP contribution in [-0.4, -0.2) is 25.3 Å². The molecule has 0 aliphatic carbocycles. The Bertz CT molecular complexity index is 564. The molecule has 0 aliphatic heterocycles. The molecule has 0 fully saturated rings. The maximum absolute atomic E-state index is 12.8. The molecule has 1 atom stereocenters. The van der Waals surface area contributed by atoms with Gasteiger partial charge in [0, 0.05) is 0 Å². The summed E-state index contributed by atoms with van der Waals surface area (Å²) in [5.74, 6) is -0.559. The van der Waals surface area contributed by atoms with Crippen molar-refractivity contribution in [1.82, 2.24) is 0 Å². The Labute approximate surface area is 145 Å². The second-order valence-electron chi connectivity index (χ2n) is 6.78. The van der Waals surface area contributed by atoms with Crippen molar-refractivity contribution in [2.24, 2.45) is 11.3 Å². The molecule has 5 nitrogen and oxygen atoms in total. The van der Waals surface area contributed by atoms with Gasteiger partial charge in [-0.25, -0.2) is 0 Å². The molecule has 1 rings (SSSR count). The van der Waals surface area contributed by atoms with Gasteiger partial charge in [-0.3, -0.25) is 9.36 Å². The molecule has 0 N–H and O–H groups in total. The topological polar surface area (TPSA) is 61.8 Å². The fraction of sp³-hybridized carbons (Fsp3) is 0.611. The minimum Gasteiger partial charge on any atom is -0.426 e. The van der Waals surface area contributed by atoms with E-state index in [-0.39, 0.29) is 19.4 Å². The van der Waals surface area contributed by atoms with Crippen LogP contribution in [0.15, 0.2) is 24.3 Å². The number of hydrogen-bond donors (Lipinski definition) is 0. The van der Waals surface area contributed by atoms with Gasteiger partial charge in [0.1, 0.15) is 5.75 Å². The molecule has 1 aromatic carbocycles. The number of hydrogen-bond acceptors (Lipinski definition) is 5. The van der Waals surface area contributed by atoms with Crippen molar-refractivity contribution in [3.63, 3.8) is 0 Å². The van der Waals surface area contributed by atoms with Gasteiger partial charge in [0.25, 0.3) is 0 Å². The average molecular weight is 356 g/mol. The predicted molar refractivity (Wildman–Crippen MR) is 95.5 cm³/mol. The second kappa shape index (κ2) is 8.80. The van der Waals surface area contributed by atoms with E-state index in [0.29, 0.717) is 5.75 Å². The van der Waals surface area contributed by atoms with Crippen LogP contribution in [-0.2, 0) is 18.4 Å². The number of benzene rings is 1. The first-order valence-corrected chi connectivity index (χ1v) is 10.0. The van der Waals surface area contributed by atoms with E-state index >= 15 is 0 Å². The number of esters is 1. The van der Waals surface area contributed by atoms with Gasteiger partial charge < -0.3 is 13.8 Å². The quantitative estimate of drug-likeness (QED) is 0.379. The highest BCUT2D eigenvalue weighted by molar-refractivity contribution is 7.53. The highest BCUT2D eigenvalue weighted by Gasteiger charge is 2.40. The molecule has 0 saturated carbocycles. The standard InChI is InChI=1S/C18H29O5P/c1-7-21-24(20,22-8-2)13-16(18(4,5)6)17(19)23-15-11-9-14(3)10-12-15/h9-12,16H,7-8,13H2,1-6H3. The maximum atomic E-state index is 12.8. The van der Waals surface area contributed by atoms with Crippen molar-refractivity contribution < 1.29 is 23.1 Å². The van der Waals surface area contributed by atoms with Crippen LogP contribution in [0.25, 0.3) is 0 Å². The van der Waals surface area contributed by atoms with Crippen LogP contribution in [0.2, 0.25) is 0 Å². The van der Waals surface area contributed by atoms with E-state index in [9.17, 15) is 9.36 Å². The Kier molecular flexibility index (Phi) is 7.65. The molecule has 136 valence electrons. The van der Waals surface area contributed by atoms with Crippen LogP contribution in [0.4, 0.5) is 0 Å². The van der Waals surface area contributed by atoms with Gasteiger partial charge in [-0.15, -0.1) is 0 Å². The molecule has 0 heterocycles. The molecule has 0 spiro atoms. The Hall–Kier alpha value is -1.16. The molecule has 0 amide bonds. The number of ether oxygens (including phenoxy) is 1. The minimum absolute atomic E-state index is 0.00285. The monoisotopic (exact) mass is 356 g/mol. The van der Waals surface area contributed by atoms with Crippen molar-refractivity contribution in [1.29, 1.82) is 0 Å². The lowest BCUT2D eigenvalue weighted by atomic mass is 9.82. The second-order valence-corrected chi connectivity index (χ2v) is 8.89. The van der Waals surface area contributed by atoms with Gasteiger partial charge in [-0.1, -0.05) is 38.5 Å². The van der Waals surface area contributed by atoms with Crippen molar-refractivity contribution in [3.05, 3.63) is 29.8 Å². The maximum Gasteiger partial charge on any atom is 0.331 e. The molecule has 0 aliphatic rings. The molecule has 6 heteroatoms. The van der Waals surface area contributed by atoms with E-state index in [2.05, 4.69) is 0 Å². The fourth-order valence-corrected chi connectivity index (χ4v) is 4.47. The van der Waals surface area contributed by atoms with Crippen LogP contribution in [0.1, 0.15) is 40.2 Å². The molecule has 1 aromatic rings. The smallest absolute Gasteiger partial charge is 0.331 e. The first-order chi connectivity index (χ1) is 11.1. The van der Waals surface area contributed by atoms with E-state index in [1.807, 2.05) is 39.8 Å². The average Bonchev–Trinajstić information content (AvgIpc) is 2.46. The lowest BCUT2D eigenvalue weighted by molar-refractivity contribution is -0.141. The van der Waals surface area contributed by atoms with Crippen LogP contribution >= 0.6 is 7.60 Å². The lowest BCUT2D eigenvalue weighted by Gasteiger charge is -2.31.